The van der Waals surface area contributed by atoms with Gasteiger partial charge in [-0.2, -0.15) is 0 Å². The van der Waals surface area contributed by atoms with Gasteiger partial charge in [-0.25, -0.2) is 8.78 Å². The summed E-state index contributed by atoms with van der Waals surface area (Å²) in [5, 5.41) is 0. The van der Waals surface area contributed by atoms with E-state index in [0.717, 1.165) is 0 Å². The number of aromatic nitrogens is 2. The van der Waals surface area contributed by atoms with Crippen molar-refractivity contribution >= 4 is 12.2 Å². The topological polar surface area (TPSA) is 28.7 Å². The highest BCUT2D eigenvalue weighted by molar-refractivity contribution is 7.71. The minimum absolute atomic E-state index is 0.121. The zero-order valence-electron chi connectivity index (χ0n) is 8.42. The Bertz CT molecular complexity index is 593. The molecule has 5 heteroatoms. The van der Waals surface area contributed by atoms with Crippen molar-refractivity contribution in [2.45, 2.75) is 6.92 Å². The van der Waals surface area contributed by atoms with Crippen molar-refractivity contribution in [2.75, 3.05) is 0 Å². The third kappa shape index (κ3) is 1.74. The number of nitrogens with one attached hydrogen (secondary N) is 1. The molecule has 16 heavy (non-hydrogen) atoms. The van der Waals surface area contributed by atoms with Gasteiger partial charge in [-0.05, 0) is 18.6 Å². The van der Waals surface area contributed by atoms with E-state index in [1.54, 1.807) is 6.92 Å². The first-order valence-corrected chi connectivity index (χ1v) is 5.00. The lowest BCUT2D eigenvalue weighted by Gasteiger charge is -2.06. The van der Waals surface area contributed by atoms with Crippen LogP contribution in [0.25, 0.3) is 11.3 Å². The molecule has 0 fully saturated rings. The van der Waals surface area contributed by atoms with Crippen LogP contribution in [0, 0.1) is 23.2 Å². The van der Waals surface area contributed by atoms with Gasteiger partial charge in [0.15, 0.2) is 0 Å². The second-order valence-corrected chi connectivity index (χ2v) is 3.73. The number of benzene rings is 1. The maximum Gasteiger partial charge on any atom is 0.138 e. The summed E-state index contributed by atoms with van der Waals surface area (Å²) < 4.78 is 27.6. The third-order valence-electron chi connectivity index (χ3n) is 2.23. The zero-order chi connectivity index (χ0) is 11.7. The Morgan fingerprint density at radius 2 is 2.06 bits per heavy atom. The van der Waals surface area contributed by atoms with Crippen LogP contribution in [0.5, 0.6) is 0 Å². The molecule has 0 aliphatic carbocycles. The lowest BCUT2D eigenvalue weighted by Crippen LogP contribution is -1.96. The van der Waals surface area contributed by atoms with Crippen molar-refractivity contribution in [1.29, 1.82) is 0 Å². The summed E-state index contributed by atoms with van der Waals surface area (Å²) in [5.74, 6) is -1.29. The van der Waals surface area contributed by atoms with Gasteiger partial charge in [0.25, 0.3) is 0 Å². The van der Waals surface area contributed by atoms with Gasteiger partial charge in [0.05, 0.1) is 5.56 Å². The van der Waals surface area contributed by atoms with Crippen LogP contribution >= 0.6 is 12.2 Å². The van der Waals surface area contributed by atoms with Gasteiger partial charge >= 0.3 is 0 Å². The average molecular weight is 238 g/mol. The van der Waals surface area contributed by atoms with Gasteiger partial charge < -0.3 is 4.98 Å². The molecule has 0 spiro atoms. The molecule has 82 valence electrons. The fourth-order valence-electron chi connectivity index (χ4n) is 1.40. The van der Waals surface area contributed by atoms with Crippen LogP contribution in [0.2, 0.25) is 0 Å². The molecule has 0 aliphatic rings. The standard InChI is InChI=1S/C11H8F2N2S/c1-6-2-3-7(12)8(9(6)13)10-11(16)15-5-4-14-10/h2-5H,1H3,(H,15,16). The molecular weight excluding hydrogens is 230 g/mol. The molecule has 0 saturated carbocycles. The second kappa shape index (κ2) is 4.09. The van der Waals surface area contributed by atoms with Crippen LogP contribution < -0.4 is 0 Å². The Balaban J connectivity index is 2.79. The van der Waals surface area contributed by atoms with Gasteiger partial charge in [-0.3, -0.25) is 4.98 Å². The van der Waals surface area contributed by atoms with E-state index in [-0.39, 0.29) is 15.9 Å². The lowest BCUT2D eigenvalue weighted by atomic mass is 10.1. The number of hydrogen-bond donors (Lipinski definition) is 1. The Labute approximate surface area is 96.0 Å². The van der Waals surface area contributed by atoms with Crippen LogP contribution in [0.1, 0.15) is 5.56 Å². The van der Waals surface area contributed by atoms with Crippen LogP contribution in [-0.4, -0.2) is 9.97 Å². The van der Waals surface area contributed by atoms with Crippen molar-refractivity contribution < 1.29 is 8.78 Å². The number of H-pyrrole nitrogens is 1. The van der Waals surface area contributed by atoms with Gasteiger partial charge in [-0.15, -0.1) is 0 Å². The maximum absolute atomic E-state index is 13.8. The Kier molecular flexibility index (Phi) is 2.78. The summed E-state index contributed by atoms with van der Waals surface area (Å²) in [4.78, 5) is 6.59. The van der Waals surface area contributed by atoms with Crippen LogP contribution in [0.3, 0.4) is 0 Å². The zero-order valence-corrected chi connectivity index (χ0v) is 9.24. The minimum Gasteiger partial charge on any atom is -0.350 e. The number of halogens is 2. The Morgan fingerprint density at radius 1 is 1.31 bits per heavy atom. The molecule has 0 bridgehead atoms. The van der Waals surface area contributed by atoms with E-state index in [0.29, 0.717) is 5.56 Å². The van der Waals surface area contributed by atoms with Crippen LogP contribution in [-0.2, 0) is 0 Å². The molecule has 2 rings (SSSR count). The second-order valence-electron chi connectivity index (χ2n) is 3.32. The molecule has 2 nitrogen and oxygen atoms in total. The molecule has 1 N–H and O–H groups in total. The van der Waals surface area contributed by atoms with Crippen LogP contribution in [0.15, 0.2) is 24.5 Å². The van der Waals surface area contributed by atoms with Gasteiger partial charge in [0.2, 0.25) is 0 Å². The molecule has 0 radical (unpaired) electrons. The predicted molar refractivity (Wildman–Crippen MR) is 59.5 cm³/mol. The quantitative estimate of drug-likeness (QED) is 0.771. The van der Waals surface area contributed by atoms with Crippen molar-refractivity contribution in [1.82, 2.24) is 9.97 Å². The summed E-state index contributed by atoms with van der Waals surface area (Å²) in [5.41, 5.74) is 0.300. The predicted octanol–water partition coefficient (Wildman–Crippen LogP) is 3.39. The summed E-state index contributed by atoms with van der Waals surface area (Å²) in [7, 11) is 0. The molecular formula is C11H8F2N2S. The fourth-order valence-corrected chi connectivity index (χ4v) is 1.63. The van der Waals surface area contributed by atoms with Gasteiger partial charge in [0.1, 0.15) is 22.0 Å². The van der Waals surface area contributed by atoms with E-state index in [1.807, 2.05) is 0 Å². The maximum atomic E-state index is 13.8. The highest BCUT2D eigenvalue weighted by Gasteiger charge is 2.15. The number of hydrogen-bond acceptors (Lipinski definition) is 2. The van der Waals surface area contributed by atoms with Crippen LogP contribution in [0.4, 0.5) is 8.78 Å². The van der Waals surface area contributed by atoms with Crippen molar-refractivity contribution in [3.8, 4) is 11.3 Å². The molecule has 0 atom stereocenters. The molecule has 0 unspecified atom stereocenters. The van der Waals surface area contributed by atoms with E-state index >= 15 is 0 Å². The summed E-state index contributed by atoms with van der Waals surface area (Å²) in [6.07, 6.45) is 2.92. The molecule has 0 amide bonds. The monoisotopic (exact) mass is 238 g/mol. The Hall–Kier alpha value is -1.62. The van der Waals surface area contributed by atoms with Crippen molar-refractivity contribution in [3.63, 3.8) is 0 Å². The fraction of sp³-hybridized carbons (Fsp3) is 0.0909. The Morgan fingerprint density at radius 3 is 2.75 bits per heavy atom. The van der Waals surface area contributed by atoms with E-state index in [1.165, 1.54) is 24.5 Å². The first kappa shape index (κ1) is 10.9. The number of aryl methyl sites for hydroxylation is 1. The van der Waals surface area contributed by atoms with Crippen molar-refractivity contribution in [2.24, 2.45) is 0 Å². The first-order valence-electron chi connectivity index (χ1n) is 4.60. The average Bonchev–Trinajstić information content (AvgIpc) is 2.27. The lowest BCUT2D eigenvalue weighted by molar-refractivity contribution is 0.582. The number of rotatable bonds is 1. The van der Waals surface area contributed by atoms with E-state index in [4.69, 9.17) is 12.2 Å². The van der Waals surface area contributed by atoms with Gasteiger partial charge in [0, 0.05) is 12.4 Å². The largest absolute Gasteiger partial charge is 0.350 e. The highest BCUT2D eigenvalue weighted by atomic mass is 32.1. The summed E-state index contributed by atoms with van der Waals surface area (Å²) >= 11 is 4.95. The van der Waals surface area contributed by atoms with E-state index < -0.39 is 11.6 Å². The van der Waals surface area contributed by atoms with E-state index in [9.17, 15) is 8.78 Å². The molecule has 0 aliphatic heterocycles. The smallest absolute Gasteiger partial charge is 0.138 e. The molecule has 1 aromatic carbocycles. The van der Waals surface area contributed by atoms with E-state index in [2.05, 4.69) is 9.97 Å². The first-order chi connectivity index (χ1) is 7.61. The summed E-state index contributed by atoms with van der Waals surface area (Å²) in [6.45, 7) is 1.56. The molecule has 1 aromatic heterocycles. The highest BCUT2D eigenvalue weighted by Crippen LogP contribution is 2.26. The SMILES string of the molecule is Cc1ccc(F)c(-c2ncc[nH]c2=S)c1F. The van der Waals surface area contributed by atoms with Gasteiger partial charge in [-0.1, -0.05) is 18.3 Å². The molecule has 0 saturated heterocycles. The molecule has 1 heterocycles. The number of aromatic amines is 1. The summed E-state index contributed by atoms with van der Waals surface area (Å²) in [6, 6.07) is 2.58. The normalized spacial score (nSPS) is 10.4. The third-order valence-corrected chi connectivity index (χ3v) is 2.54. The number of nitrogens with zero attached hydrogens (tertiary/aromatic N) is 1. The van der Waals surface area contributed by atoms with Crippen molar-refractivity contribution in [3.05, 3.63) is 46.4 Å². The minimum atomic E-state index is -0.665. The molecule has 2 aromatic rings.